The third kappa shape index (κ3) is 7.15. The SMILES string of the molecule is O=C1CCC(N2Cc3cc(N4CCN(CC5CCN(c6ccc(C7c8ccc(O)cc8OCC7C7CCOCC7)cc6F)CC5)CC4)ccc3C2=O)C(=O)N1. The highest BCUT2D eigenvalue weighted by atomic mass is 19.1. The molecule has 4 saturated heterocycles. The maximum atomic E-state index is 16.1. The molecule has 4 fully saturated rings. The summed E-state index contributed by atoms with van der Waals surface area (Å²) in [4.78, 5) is 46.0. The van der Waals surface area contributed by atoms with Gasteiger partial charge in [-0.05, 0) is 91.5 Å². The molecule has 3 amide bonds. The normalized spacial score (nSPS) is 25.4. The van der Waals surface area contributed by atoms with Gasteiger partial charge in [0, 0.05) is 107 Å². The summed E-state index contributed by atoms with van der Waals surface area (Å²) in [7, 11) is 0. The van der Waals surface area contributed by atoms with E-state index in [4.69, 9.17) is 9.47 Å². The minimum Gasteiger partial charge on any atom is -0.508 e. The maximum Gasteiger partial charge on any atom is 0.255 e. The van der Waals surface area contributed by atoms with Crippen LogP contribution >= 0.6 is 0 Å². The number of benzene rings is 3. The molecular formula is C43H50FN5O6. The van der Waals surface area contributed by atoms with Crippen LogP contribution in [-0.2, 0) is 20.9 Å². The Kier molecular flexibility index (Phi) is 9.88. The average Bonchev–Trinajstić information content (AvgIpc) is 3.53. The first-order valence-electron chi connectivity index (χ1n) is 20.1. The van der Waals surface area contributed by atoms with Crippen molar-refractivity contribution in [3.8, 4) is 11.5 Å². The van der Waals surface area contributed by atoms with Crippen LogP contribution in [0.3, 0.4) is 0 Å². The van der Waals surface area contributed by atoms with E-state index in [-0.39, 0.29) is 47.5 Å². The number of carbonyl (C=O) groups is 3. The summed E-state index contributed by atoms with van der Waals surface area (Å²) in [5, 5.41) is 12.5. The summed E-state index contributed by atoms with van der Waals surface area (Å²) >= 11 is 0. The van der Waals surface area contributed by atoms with Crippen molar-refractivity contribution in [2.24, 2.45) is 17.8 Å². The summed E-state index contributed by atoms with van der Waals surface area (Å²) in [6.45, 7) is 8.81. The standard InChI is InChI=1S/C43H50FN5O6/c44-36-22-29(41-34-5-3-32(50)23-39(34)55-26-35(41)28-11-19-54-20-12-28)1-6-37(36)48-13-9-27(10-14-48)24-46-15-17-47(18-16-46)31-2-4-33-30(21-31)25-49(43(33)53)38-7-8-40(51)45-42(38)52/h1-6,21-23,27-28,35,38,41,50H,7-20,24-26H2,(H,45,51,52). The van der Waals surface area contributed by atoms with E-state index in [1.807, 2.05) is 24.3 Å². The lowest BCUT2D eigenvalue weighted by molar-refractivity contribution is -0.136. The Morgan fingerprint density at radius 1 is 0.836 bits per heavy atom. The molecule has 0 aromatic heterocycles. The molecule has 0 spiro atoms. The fourth-order valence-electron chi connectivity index (χ4n) is 10.0. The smallest absolute Gasteiger partial charge is 0.255 e. The molecular weight excluding hydrogens is 702 g/mol. The summed E-state index contributed by atoms with van der Waals surface area (Å²) in [6, 6.07) is 16.5. The summed E-state index contributed by atoms with van der Waals surface area (Å²) in [6.07, 6.45) is 4.59. The molecule has 9 rings (SSSR count). The molecule has 6 aliphatic heterocycles. The number of ether oxygens (including phenoxy) is 2. The highest BCUT2D eigenvalue weighted by molar-refractivity contribution is 6.05. The molecule has 12 heteroatoms. The van der Waals surface area contributed by atoms with E-state index in [1.54, 1.807) is 23.1 Å². The van der Waals surface area contributed by atoms with Gasteiger partial charge in [-0.15, -0.1) is 0 Å². The molecule has 6 heterocycles. The number of anilines is 2. The predicted molar refractivity (Wildman–Crippen MR) is 205 cm³/mol. The second kappa shape index (κ2) is 15.1. The highest BCUT2D eigenvalue weighted by Gasteiger charge is 2.40. The number of phenolic OH excluding ortho intramolecular Hbond substituents is 1. The number of rotatable bonds is 7. The third-order valence-electron chi connectivity index (χ3n) is 13.1. The number of hydrogen-bond donors (Lipinski definition) is 2. The third-order valence-corrected chi connectivity index (χ3v) is 13.1. The number of carbonyl (C=O) groups excluding carboxylic acids is 3. The van der Waals surface area contributed by atoms with Gasteiger partial charge in [0.25, 0.3) is 5.91 Å². The maximum absolute atomic E-state index is 16.1. The van der Waals surface area contributed by atoms with Gasteiger partial charge in [-0.25, -0.2) is 4.39 Å². The van der Waals surface area contributed by atoms with Gasteiger partial charge >= 0.3 is 0 Å². The lowest BCUT2D eigenvalue weighted by Gasteiger charge is -2.41. The quantitative estimate of drug-likeness (QED) is 0.326. The molecule has 0 aliphatic carbocycles. The number of aromatic hydroxyl groups is 1. The van der Waals surface area contributed by atoms with Gasteiger partial charge in [0.05, 0.1) is 12.3 Å². The number of hydrogen-bond acceptors (Lipinski definition) is 9. The van der Waals surface area contributed by atoms with E-state index < -0.39 is 6.04 Å². The molecule has 0 saturated carbocycles. The minimum atomic E-state index is -0.607. The lowest BCUT2D eigenvalue weighted by Crippen LogP contribution is -2.52. The number of amides is 3. The van der Waals surface area contributed by atoms with Gasteiger partial charge in [-0.3, -0.25) is 24.6 Å². The van der Waals surface area contributed by atoms with Crippen LogP contribution in [0, 0.1) is 23.6 Å². The first-order valence-corrected chi connectivity index (χ1v) is 20.1. The number of piperazine rings is 1. The predicted octanol–water partition coefficient (Wildman–Crippen LogP) is 4.90. The second-order valence-corrected chi connectivity index (χ2v) is 16.3. The highest BCUT2D eigenvalue weighted by Crippen LogP contribution is 2.48. The Hall–Kier alpha value is -4.68. The van der Waals surface area contributed by atoms with Crippen LogP contribution < -0.4 is 19.9 Å². The zero-order chi connectivity index (χ0) is 37.6. The van der Waals surface area contributed by atoms with Gasteiger partial charge in [0.15, 0.2) is 0 Å². The largest absolute Gasteiger partial charge is 0.508 e. The van der Waals surface area contributed by atoms with Crippen LogP contribution in [0.4, 0.5) is 15.8 Å². The van der Waals surface area contributed by atoms with Crippen molar-refractivity contribution in [2.75, 3.05) is 75.4 Å². The second-order valence-electron chi connectivity index (χ2n) is 16.3. The minimum absolute atomic E-state index is 0.00977. The van der Waals surface area contributed by atoms with E-state index >= 15 is 4.39 Å². The molecule has 2 N–H and O–H groups in total. The number of fused-ring (bicyclic) bond motifs is 2. The molecule has 3 unspecified atom stereocenters. The number of halogens is 1. The van der Waals surface area contributed by atoms with Crippen LogP contribution in [0.15, 0.2) is 54.6 Å². The van der Waals surface area contributed by atoms with Crippen molar-refractivity contribution in [1.29, 1.82) is 0 Å². The topological polar surface area (TPSA) is 115 Å². The zero-order valence-corrected chi connectivity index (χ0v) is 31.3. The molecule has 0 bridgehead atoms. The molecule has 290 valence electrons. The van der Waals surface area contributed by atoms with Gasteiger partial charge in [0.1, 0.15) is 23.4 Å². The number of nitrogens with one attached hydrogen (secondary N) is 1. The molecule has 11 nitrogen and oxygen atoms in total. The van der Waals surface area contributed by atoms with Gasteiger partial charge < -0.3 is 29.3 Å². The lowest BCUT2D eigenvalue weighted by atomic mass is 9.71. The van der Waals surface area contributed by atoms with Crippen molar-refractivity contribution < 1.29 is 33.4 Å². The number of piperidine rings is 2. The van der Waals surface area contributed by atoms with Crippen LogP contribution in [0.25, 0.3) is 0 Å². The molecule has 3 aromatic carbocycles. The average molecular weight is 752 g/mol. The number of nitrogens with zero attached hydrogens (tertiary/aromatic N) is 4. The number of phenols is 1. The van der Waals surface area contributed by atoms with Crippen LogP contribution in [0.2, 0.25) is 0 Å². The Bertz CT molecular complexity index is 1950. The number of imide groups is 1. The fraction of sp³-hybridized carbons (Fsp3) is 0.512. The monoisotopic (exact) mass is 751 g/mol. The van der Waals surface area contributed by atoms with Crippen LogP contribution in [-0.4, -0.2) is 104 Å². The molecule has 0 radical (unpaired) electrons. The van der Waals surface area contributed by atoms with Gasteiger partial charge in [-0.1, -0.05) is 12.1 Å². The van der Waals surface area contributed by atoms with E-state index in [0.717, 1.165) is 107 Å². The van der Waals surface area contributed by atoms with Crippen LogP contribution in [0.1, 0.15) is 71.5 Å². The Balaban J connectivity index is 0.787. The van der Waals surface area contributed by atoms with Crippen molar-refractivity contribution in [3.63, 3.8) is 0 Å². The van der Waals surface area contributed by atoms with E-state index in [1.165, 1.54) is 0 Å². The van der Waals surface area contributed by atoms with Crippen LogP contribution in [0.5, 0.6) is 11.5 Å². The first-order chi connectivity index (χ1) is 26.8. The zero-order valence-electron chi connectivity index (χ0n) is 31.3. The van der Waals surface area contributed by atoms with Crippen molar-refractivity contribution in [2.45, 2.75) is 57.0 Å². The molecule has 3 atom stereocenters. The Morgan fingerprint density at radius 3 is 2.40 bits per heavy atom. The van der Waals surface area contributed by atoms with E-state index in [0.29, 0.717) is 48.4 Å². The van der Waals surface area contributed by atoms with Crippen molar-refractivity contribution >= 4 is 29.1 Å². The van der Waals surface area contributed by atoms with Crippen molar-refractivity contribution in [1.82, 2.24) is 15.1 Å². The molecule has 3 aromatic rings. The summed E-state index contributed by atoms with van der Waals surface area (Å²) in [5.74, 6) is 1.05. The van der Waals surface area contributed by atoms with Gasteiger partial charge in [-0.2, -0.15) is 0 Å². The Morgan fingerprint density at radius 2 is 1.64 bits per heavy atom. The van der Waals surface area contributed by atoms with Gasteiger partial charge in [0.2, 0.25) is 11.8 Å². The summed E-state index contributed by atoms with van der Waals surface area (Å²) in [5.41, 5.74) is 5.31. The Labute approximate surface area is 321 Å². The fourth-order valence-corrected chi connectivity index (χ4v) is 10.0. The summed E-state index contributed by atoms with van der Waals surface area (Å²) < 4.78 is 27.9. The first kappa shape index (κ1) is 36.0. The van der Waals surface area contributed by atoms with Crippen molar-refractivity contribution in [3.05, 3.63) is 82.7 Å². The van der Waals surface area contributed by atoms with E-state index in [2.05, 4.69) is 32.1 Å². The van der Waals surface area contributed by atoms with E-state index in [9.17, 15) is 19.5 Å². The molecule has 55 heavy (non-hydrogen) atoms. The molecule has 6 aliphatic rings.